The van der Waals surface area contributed by atoms with Crippen LogP contribution in [0.3, 0.4) is 0 Å². The molecule has 10 nitrogen and oxygen atoms in total. The van der Waals surface area contributed by atoms with Gasteiger partial charge in [-0.25, -0.2) is 17.9 Å². The maximum atomic E-state index is 14.1. The van der Waals surface area contributed by atoms with Crippen molar-refractivity contribution >= 4 is 27.4 Å². The molecule has 2 aliphatic rings. The Kier molecular flexibility index (Phi) is 6.71. The van der Waals surface area contributed by atoms with Crippen LogP contribution in [0.5, 0.6) is 0 Å². The van der Waals surface area contributed by atoms with Gasteiger partial charge in [-0.3, -0.25) is 4.79 Å². The van der Waals surface area contributed by atoms with Crippen LogP contribution < -0.4 is 15.4 Å². The van der Waals surface area contributed by atoms with Crippen LogP contribution in [0.1, 0.15) is 55.5 Å². The van der Waals surface area contributed by atoms with Gasteiger partial charge in [-0.15, -0.1) is 0 Å². The molecule has 3 N–H and O–H groups in total. The van der Waals surface area contributed by atoms with Crippen LogP contribution >= 0.6 is 0 Å². The lowest BCUT2D eigenvalue weighted by atomic mass is 9.89. The molecule has 2 saturated heterocycles. The van der Waals surface area contributed by atoms with Gasteiger partial charge < -0.3 is 15.5 Å². The SMILES string of the molecule is Cc1cn2nc([C@H]3CCCCN3C(=O)[C@](C)(NS(C)(=O)=O)c3ccccc3)cc2nc1N1CC[C@H](N)C1. The molecule has 3 atom stereocenters. The molecule has 2 fully saturated rings. The monoisotopic (exact) mass is 525 g/mol. The number of hydrogen-bond donors (Lipinski definition) is 2. The number of amides is 1. The van der Waals surface area contributed by atoms with Crippen molar-refractivity contribution in [1.82, 2.24) is 24.2 Å². The van der Waals surface area contributed by atoms with Gasteiger partial charge in [0.15, 0.2) is 5.65 Å². The number of likely N-dealkylation sites (tertiary alicyclic amines) is 1. The predicted molar refractivity (Wildman–Crippen MR) is 143 cm³/mol. The maximum absolute atomic E-state index is 14.1. The highest BCUT2D eigenvalue weighted by molar-refractivity contribution is 7.88. The first kappa shape index (κ1) is 25.6. The normalized spacial score (nSPS) is 22.4. The Balaban J connectivity index is 1.51. The zero-order valence-electron chi connectivity index (χ0n) is 21.6. The second kappa shape index (κ2) is 9.70. The molecule has 0 bridgehead atoms. The summed E-state index contributed by atoms with van der Waals surface area (Å²) in [6.07, 6.45) is 6.53. The summed E-state index contributed by atoms with van der Waals surface area (Å²) in [6.45, 7) is 5.84. The van der Waals surface area contributed by atoms with Crippen molar-refractivity contribution in [2.45, 2.75) is 57.2 Å². The van der Waals surface area contributed by atoms with E-state index in [1.807, 2.05) is 25.3 Å². The number of aromatic nitrogens is 3. The predicted octanol–water partition coefficient (Wildman–Crippen LogP) is 2.09. The van der Waals surface area contributed by atoms with Gasteiger partial charge in [0.05, 0.1) is 18.0 Å². The van der Waals surface area contributed by atoms with E-state index in [-0.39, 0.29) is 18.0 Å². The minimum Gasteiger partial charge on any atom is -0.355 e. The standard InChI is InChI=1S/C26H35N7O3S/c1-18-16-33-23(28-24(18)31-14-12-20(27)17-31)15-21(29-33)22-11-7-8-13-32(22)25(34)26(2,30-37(3,35)36)19-9-5-4-6-10-19/h4-6,9-10,15-16,20,22,30H,7-8,11-14,17,27H2,1-3H3/t20-,22+,26+/m0/s1. The minimum atomic E-state index is -3.68. The topological polar surface area (TPSA) is 126 Å². The highest BCUT2D eigenvalue weighted by Gasteiger charge is 2.44. The molecule has 2 aliphatic heterocycles. The molecule has 3 aromatic rings. The van der Waals surface area contributed by atoms with Gasteiger partial charge in [-0.2, -0.15) is 9.82 Å². The van der Waals surface area contributed by atoms with Gasteiger partial charge in [0.25, 0.3) is 0 Å². The molecule has 0 unspecified atom stereocenters. The number of nitrogens with two attached hydrogens (primary N) is 1. The summed E-state index contributed by atoms with van der Waals surface area (Å²) in [5.74, 6) is 0.624. The number of sulfonamides is 1. The van der Waals surface area contributed by atoms with Crippen LogP contribution in [0.25, 0.3) is 5.65 Å². The van der Waals surface area contributed by atoms with Crippen LogP contribution in [-0.4, -0.2) is 65.8 Å². The molecule has 2 aromatic heterocycles. The number of carbonyl (C=O) groups excluding carboxylic acids is 1. The number of anilines is 1. The number of benzene rings is 1. The minimum absolute atomic E-state index is 0.152. The summed E-state index contributed by atoms with van der Waals surface area (Å²) >= 11 is 0. The fourth-order valence-corrected chi connectivity index (χ4v) is 6.57. The molecule has 198 valence electrons. The Labute approximate surface area is 217 Å². The van der Waals surface area contributed by atoms with Gasteiger partial charge in [0.1, 0.15) is 11.4 Å². The van der Waals surface area contributed by atoms with E-state index in [2.05, 4.69) is 9.62 Å². The van der Waals surface area contributed by atoms with E-state index in [0.717, 1.165) is 62.1 Å². The molecule has 0 radical (unpaired) electrons. The molecule has 0 saturated carbocycles. The number of carbonyl (C=O) groups is 1. The first-order valence-electron chi connectivity index (χ1n) is 12.8. The number of aryl methyl sites for hydroxylation is 1. The molecule has 11 heteroatoms. The highest BCUT2D eigenvalue weighted by atomic mass is 32.2. The Hall–Kier alpha value is -3.02. The Morgan fingerprint density at radius 2 is 1.92 bits per heavy atom. The van der Waals surface area contributed by atoms with Gasteiger partial charge >= 0.3 is 0 Å². The van der Waals surface area contributed by atoms with Crippen LogP contribution in [0.2, 0.25) is 0 Å². The number of nitrogens with zero attached hydrogens (tertiary/aromatic N) is 5. The van der Waals surface area contributed by atoms with E-state index in [9.17, 15) is 13.2 Å². The van der Waals surface area contributed by atoms with E-state index in [1.54, 1.807) is 40.6 Å². The average molecular weight is 526 g/mol. The number of fused-ring (bicyclic) bond motifs is 1. The zero-order chi connectivity index (χ0) is 26.4. The van der Waals surface area contributed by atoms with E-state index in [4.69, 9.17) is 15.8 Å². The van der Waals surface area contributed by atoms with Crippen molar-refractivity contribution in [3.63, 3.8) is 0 Å². The van der Waals surface area contributed by atoms with Crippen molar-refractivity contribution < 1.29 is 13.2 Å². The third-order valence-electron chi connectivity index (χ3n) is 7.42. The number of rotatable bonds is 6. The molecule has 4 heterocycles. The highest BCUT2D eigenvalue weighted by Crippen LogP contribution is 2.35. The fraction of sp³-hybridized carbons (Fsp3) is 0.500. The molecule has 0 spiro atoms. The van der Waals surface area contributed by atoms with Crippen molar-refractivity contribution in [1.29, 1.82) is 0 Å². The zero-order valence-corrected chi connectivity index (χ0v) is 22.4. The smallest absolute Gasteiger partial charge is 0.248 e. The van der Waals surface area contributed by atoms with Crippen molar-refractivity contribution in [2.75, 3.05) is 30.8 Å². The fourth-order valence-electron chi connectivity index (χ4n) is 5.62. The second-order valence-electron chi connectivity index (χ2n) is 10.5. The van der Waals surface area contributed by atoms with E-state index < -0.39 is 15.6 Å². The lowest BCUT2D eigenvalue weighted by Crippen LogP contribution is -2.56. The Morgan fingerprint density at radius 1 is 1.16 bits per heavy atom. The summed E-state index contributed by atoms with van der Waals surface area (Å²) in [5.41, 5.74) is 7.75. The quantitative estimate of drug-likeness (QED) is 0.505. The second-order valence-corrected chi connectivity index (χ2v) is 12.2. The van der Waals surface area contributed by atoms with Gasteiger partial charge in [-0.05, 0) is 45.1 Å². The van der Waals surface area contributed by atoms with E-state index in [1.165, 1.54) is 0 Å². The molecular weight excluding hydrogens is 490 g/mol. The number of hydrogen-bond acceptors (Lipinski definition) is 7. The third-order valence-corrected chi connectivity index (χ3v) is 8.20. The summed E-state index contributed by atoms with van der Waals surface area (Å²) in [5, 5.41) is 4.82. The molecule has 37 heavy (non-hydrogen) atoms. The van der Waals surface area contributed by atoms with Gasteiger partial charge in [-0.1, -0.05) is 30.3 Å². The first-order valence-corrected chi connectivity index (χ1v) is 14.7. The van der Waals surface area contributed by atoms with Crippen LogP contribution in [0.4, 0.5) is 5.82 Å². The van der Waals surface area contributed by atoms with Crippen LogP contribution in [0, 0.1) is 6.92 Å². The molecule has 5 rings (SSSR count). The molecule has 1 aromatic carbocycles. The number of nitrogens with one attached hydrogen (secondary N) is 1. The lowest BCUT2D eigenvalue weighted by molar-refractivity contribution is -0.141. The van der Waals surface area contributed by atoms with Crippen LogP contribution in [0.15, 0.2) is 42.6 Å². The lowest BCUT2D eigenvalue weighted by Gasteiger charge is -2.41. The summed E-state index contributed by atoms with van der Waals surface area (Å²) in [4.78, 5) is 23.0. The maximum Gasteiger partial charge on any atom is 0.248 e. The molecule has 0 aliphatic carbocycles. The van der Waals surface area contributed by atoms with Gasteiger partial charge in [0, 0.05) is 43.5 Å². The largest absolute Gasteiger partial charge is 0.355 e. The van der Waals surface area contributed by atoms with Crippen molar-refractivity contribution in [3.8, 4) is 0 Å². The van der Waals surface area contributed by atoms with Gasteiger partial charge in [0.2, 0.25) is 15.9 Å². The number of piperidine rings is 1. The molecule has 1 amide bonds. The Morgan fingerprint density at radius 3 is 2.59 bits per heavy atom. The summed E-state index contributed by atoms with van der Waals surface area (Å²) in [6, 6.07) is 10.8. The first-order chi connectivity index (χ1) is 17.5. The van der Waals surface area contributed by atoms with Crippen molar-refractivity contribution in [2.24, 2.45) is 5.73 Å². The third kappa shape index (κ3) is 5.07. The summed E-state index contributed by atoms with van der Waals surface area (Å²) < 4.78 is 29.1. The Bertz CT molecular complexity index is 1410. The van der Waals surface area contributed by atoms with E-state index in [0.29, 0.717) is 17.8 Å². The average Bonchev–Trinajstić information content (AvgIpc) is 3.48. The van der Waals surface area contributed by atoms with E-state index >= 15 is 0 Å². The summed E-state index contributed by atoms with van der Waals surface area (Å²) in [7, 11) is -3.68. The molecular formula is C26H35N7O3S. The van der Waals surface area contributed by atoms with Crippen LogP contribution in [-0.2, 0) is 20.4 Å². The van der Waals surface area contributed by atoms with Crippen molar-refractivity contribution in [3.05, 3.63) is 59.4 Å².